The SMILES string of the molecule is Cn1ncc2c1N=C(Cc1cccc(F)c1F)NC2c1nc(N)c2c(n1)NC(=O)C2(C)c1ccc(F)cc1. The lowest BCUT2D eigenvalue weighted by Crippen LogP contribution is -2.35. The van der Waals surface area contributed by atoms with E-state index in [0.29, 0.717) is 28.3 Å². The van der Waals surface area contributed by atoms with Gasteiger partial charge in [-0.1, -0.05) is 24.3 Å². The van der Waals surface area contributed by atoms with E-state index < -0.39 is 28.9 Å². The zero-order chi connectivity index (χ0) is 26.8. The van der Waals surface area contributed by atoms with Crippen LogP contribution in [0.15, 0.2) is 53.7 Å². The lowest BCUT2D eigenvalue weighted by atomic mass is 9.78. The number of nitrogens with one attached hydrogen (secondary N) is 2. The maximum atomic E-state index is 14.4. The summed E-state index contributed by atoms with van der Waals surface area (Å²) in [6.45, 7) is 1.68. The Bertz CT molecular complexity index is 1650. The second-order valence-electron chi connectivity index (χ2n) is 9.35. The van der Waals surface area contributed by atoms with Crippen LogP contribution in [0.3, 0.4) is 0 Å². The van der Waals surface area contributed by atoms with Gasteiger partial charge in [-0.25, -0.2) is 28.1 Å². The Balaban J connectivity index is 1.41. The molecule has 0 saturated heterocycles. The molecule has 9 nitrogen and oxygen atoms in total. The minimum absolute atomic E-state index is 0.0233. The number of nitrogens with zero attached hydrogens (tertiary/aromatic N) is 5. The molecule has 4 heterocycles. The van der Waals surface area contributed by atoms with Crippen molar-refractivity contribution in [3.63, 3.8) is 0 Å². The van der Waals surface area contributed by atoms with Crippen molar-refractivity contribution in [3.8, 4) is 0 Å². The number of carbonyl (C=O) groups is 1. The van der Waals surface area contributed by atoms with Crippen LogP contribution in [0, 0.1) is 17.5 Å². The minimum Gasteiger partial charge on any atom is -0.383 e. The number of aromatic nitrogens is 4. The number of hydrogen-bond acceptors (Lipinski definition) is 7. The summed E-state index contributed by atoms with van der Waals surface area (Å²) in [4.78, 5) is 26.9. The van der Waals surface area contributed by atoms with Crippen LogP contribution in [0.25, 0.3) is 0 Å². The first-order valence-electron chi connectivity index (χ1n) is 11.7. The van der Waals surface area contributed by atoms with Gasteiger partial charge in [0.15, 0.2) is 23.3 Å². The molecule has 6 rings (SSSR count). The van der Waals surface area contributed by atoms with E-state index in [2.05, 4.69) is 30.7 Å². The highest BCUT2D eigenvalue weighted by atomic mass is 19.2. The molecule has 12 heteroatoms. The largest absolute Gasteiger partial charge is 0.383 e. The maximum Gasteiger partial charge on any atom is 0.240 e. The highest BCUT2D eigenvalue weighted by molar-refractivity contribution is 6.08. The van der Waals surface area contributed by atoms with Crippen LogP contribution >= 0.6 is 0 Å². The number of hydrogen-bond donors (Lipinski definition) is 3. The molecule has 2 atom stereocenters. The molecule has 2 unspecified atom stereocenters. The van der Waals surface area contributed by atoms with E-state index in [1.165, 1.54) is 36.4 Å². The van der Waals surface area contributed by atoms with E-state index in [0.717, 1.165) is 6.07 Å². The van der Waals surface area contributed by atoms with Gasteiger partial charge in [-0.2, -0.15) is 5.10 Å². The van der Waals surface area contributed by atoms with Crippen molar-refractivity contribution >= 4 is 29.2 Å². The Morgan fingerprint density at radius 2 is 1.87 bits per heavy atom. The number of anilines is 2. The molecule has 4 N–H and O–H groups in total. The van der Waals surface area contributed by atoms with Crippen molar-refractivity contribution in [1.82, 2.24) is 25.1 Å². The molecular weight excluding hydrogens is 497 g/mol. The molecule has 192 valence electrons. The van der Waals surface area contributed by atoms with E-state index in [-0.39, 0.29) is 35.4 Å². The fourth-order valence-corrected chi connectivity index (χ4v) is 4.97. The Labute approximate surface area is 214 Å². The highest BCUT2D eigenvalue weighted by Crippen LogP contribution is 2.45. The third-order valence-electron chi connectivity index (χ3n) is 7.01. The molecule has 0 spiro atoms. The zero-order valence-electron chi connectivity index (χ0n) is 20.3. The minimum atomic E-state index is -1.23. The number of aliphatic imine (C=N–C) groups is 1. The van der Waals surface area contributed by atoms with Gasteiger partial charge in [0, 0.05) is 19.0 Å². The average Bonchev–Trinajstić information content (AvgIpc) is 3.39. The lowest BCUT2D eigenvalue weighted by molar-refractivity contribution is -0.119. The van der Waals surface area contributed by atoms with Crippen LogP contribution in [-0.2, 0) is 23.7 Å². The van der Waals surface area contributed by atoms with Gasteiger partial charge < -0.3 is 16.4 Å². The second kappa shape index (κ2) is 8.40. The van der Waals surface area contributed by atoms with Crippen molar-refractivity contribution in [2.45, 2.75) is 24.8 Å². The summed E-state index contributed by atoms with van der Waals surface area (Å²) in [5.41, 5.74) is 6.87. The van der Waals surface area contributed by atoms with E-state index in [4.69, 9.17) is 5.73 Å². The molecule has 0 fully saturated rings. The average molecular weight is 519 g/mol. The number of carbonyl (C=O) groups excluding carboxylic acids is 1. The summed E-state index contributed by atoms with van der Waals surface area (Å²) in [6, 6.07) is 8.86. The predicted octanol–water partition coefficient (Wildman–Crippen LogP) is 3.43. The fourth-order valence-electron chi connectivity index (χ4n) is 4.97. The Morgan fingerprint density at radius 1 is 1.11 bits per heavy atom. The van der Waals surface area contributed by atoms with Crippen molar-refractivity contribution in [3.05, 3.63) is 94.2 Å². The number of benzene rings is 2. The predicted molar refractivity (Wildman–Crippen MR) is 133 cm³/mol. The van der Waals surface area contributed by atoms with E-state index in [1.54, 1.807) is 24.9 Å². The highest BCUT2D eigenvalue weighted by Gasteiger charge is 2.48. The van der Waals surface area contributed by atoms with Gasteiger partial charge >= 0.3 is 0 Å². The quantitative estimate of drug-likeness (QED) is 0.381. The van der Waals surface area contributed by atoms with Gasteiger partial charge in [0.1, 0.15) is 34.7 Å². The van der Waals surface area contributed by atoms with Crippen molar-refractivity contribution in [2.24, 2.45) is 12.0 Å². The zero-order valence-corrected chi connectivity index (χ0v) is 20.3. The third-order valence-corrected chi connectivity index (χ3v) is 7.01. The monoisotopic (exact) mass is 518 g/mol. The van der Waals surface area contributed by atoms with Gasteiger partial charge in [0.2, 0.25) is 5.91 Å². The molecule has 0 aliphatic carbocycles. The fraction of sp³-hybridized carbons (Fsp3) is 0.192. The summed E-state index contributed by atoms with van der Waals surface area (Å²) in [7, 11) is 1.71. The van der Waals surface area contributed by atoms with Crippen LogP contribution in [0.1, 0.15) is 41.0 Å². The van der Waals surface area contributed by atoms with Gasteiger partial charge in [0.25, 0.3) is 0 Å². The first kappa shape index (κ1) is 23.6. The van der Waals surface area contributed by atoms with Gasteiger partial charge in [0.05, 0.1) is 11.8 Å². The topological polar surface area (TPSA) is 123 Å². The second-order valence-corrected chi connectivity index (χ2v) is 9.35. The van der Waals surface area contributed by atoms with Crippen LogP contribution in [-0.4, -0.2) is 31.5 Å². The molecule has 2 aliphatic rings. The number of fused-ring (bicyclic) bond motifs is 2. The number of rotatable bonds is 4. The molecule has 0 radical (unpaired) electrons. The van der Waals surface area contributed by atoms with Crippen LogP contribution in [0.5, 0.6) is 0 Å². The molecule has 4 aromatic rings. The maximum absolute atomic E-state index is 14.4. The summed E-state index contributed by atoms with van der Waals surface area (Å²) >= 11 is 0. The van der Waals surface area contributed by atoms with Gasteiger partial charge in [-0.3, -0.25) is 9.48 Å². The van der Waals surface area contributed by atoms with Crippen LogP contribution in [0.2, 0.25) is 0 Å². The summed E-state index contributed by atoms with van der Waals surface area (Å²) in [6.07, 6.45) is 1.58. The molecule has 0 saturated carbocycles. The Hall–Kier alpha value is -4.74. The Kier molecular flexibility index (Phi) is 5.23. The van der Waals surface area contributed by atoms with Gasteiger partial charge in [-0.05, 0) is 36.2 Å². The third kappa shape index (κ3) is 3.51. The first-order valence-corrected chi connectivity index (χ1v) is 11.7. The molecule has 38 heavy (non-hydrogen) atoms. The van der Waals surface area contributed by atoms with Crippen molar-refractivity contribution in [2.75, 3.05) is 11.1 Å². The van der Waals surface area contributed by atoms with Crippen molar-refractivity contribution in [1.29, 1.82) is 0 Å². The number of halogens is 3. The molecule has 2 aliphatic heterocycles. The van der Waals surface area contributed by atoms with E-state index in [9.17, 15) is 18.0 Å². The summed E-state index contributed by atoms with van der Waals surface area (Å²) < 4.78 is 43.3. The number of nitrogens with two attached hydrogens (primary N) is 1. The van der Waals surface area contributed by atoms with Crippen LogP contribution < -0.4 is 16.4 Å². The lowest BCUT2D eigenvalue weighted by Gasteiger charge is -2.26. The number of aryl methyl sites for hydroxylation is 1. The molecule has 1 amide bonds. The van der Waals surface area contributed by atoms with E-state index >= 15 is 0 Å². The number of amides is 1. The van der Waals surface area contributed by atoms with E-state index in [1.807, 2.05) is 0 Å². The number of amidine groups is 1. The van der Waals surface area contributed by atoms with Crippen LogP contribution in [0.4, 0.5) is 30.6 Å². The number of nitrogen functional groups attached to an aromatic ring is 1. The Morgan fingerprint density at radius 3 is 2.63 bits per heavy atom. The standard InChI is InChI=1S/C26H21F3N8O/c1-26(13-6-8-14(27)9-7-13)18-21(30)34-23(35-22(18)36-25(26)38)20-15-11-31-37(2)24(15)33-17(32-20)10-12-4-3-5-16(28)19(12)29/h3-9,11,20H,10H2,1-2H3,(H,32,33)(H3,30,34,35,36,38). The molecular formula is C26H21F3N8O. The van der Waals surface area contributed by atoms with Crippen molar-refractivity contribution < 1.29 is 18.0 Å². The smallest absolute Gasteiger partial charge is 0.240 e. The normalized spacial score (nSPS) is 19.9. The van der Waals surface area contributed by atoms with Gasteiger partial charge in [-0.15, -0.1) is 0 Å². The summed E-state index contributed by atoms with van der Waals surface area (Å²) in [5, 5.41) is 10.2. The first-order chi connectivity index (χ1) is 18.2. The molecule has 2 aromatic heterocycles. The molecule has 2 aromatic carbocycles. The summed E-state index contributed by atoms with van der Waals surface area (Å²) in [5.74, 6) is -1.34. The molecule has 0 bridgehead atoms.